The maximum absolute atomic E-state index is 10.4. The Kier molecular flexibility index (Phi) is 6.34. The molecule has 2 aromatic heterocycles. The molecule has 2 fully saturated rings. The molecule has 3 heterocycles. The molecule has 2 atom stereocenters. The van der Waals surface area contributed by atoms with E-state index in [1.54, 1.807) is 0 Å². The molecule has 152 valence electrons. The molecule has 2 aromatic rings. The number of piperidine rings is 1. The summed E-state index contributed by atoms with van der Waals surface area (Å²) in [5.74, 6) is 1.04. The van der Waals surface area contributed by atoms with Crippen LogP contribution in [0.2, 0.25) is 0 Å². The Labute approximate surface area is 166 Å². The minimum atomic E-state index is -0.250. The number of carboxylic acid groups (broad SMARTS) is 1. The molecule has 1 aliphatic heterocycles. The molecule has 28 heavy (non-hydrogen) atoms. The second-order valence-corrected chi connectivity index (χ2v) is 8.01. The molecule has 1 spiro atoms. The Morgan fingerprint density at radius 1 is 1.29 bits per heavy atom. The topological polar surface area (TPSA) is 91.5 Å². The van der Waals surface area contributed by atoms with Crippen LogP contribution < -0.4 is 4.90 Å². The summed E-state index contributed by atoms with van der Waals surface area (Å²) in [5.41, 5.74) is 3.50. The molecule has 4 rings (SSSR count). The lowest BCUT2D eigenvalue weighted by Crippen LogP contribution is -2.47. The zero-order valence-electron chi connectivity index (χ0n) is 16.7. The number of pyridine rings is 1. The van der Waals surface area contributed by atoms with Crippen LogP contribution in [0.3, 0.4) is 0 Å². The van der Waals surface area contributed by atoms with Crippen LogP contribution >= 0.6 is 0 Å². The first-order valence-electron chi connectivity index (χ1n) is 9.94. The fraction of sp³-hybridized carbons (Fsp3) is 0.571. The van der Waals surface area contributed by atoms with Gasteiger partial charge >= 0.3 is 0 Å². The van der Waals surface area contributed by atoms with E-state index in [1.807, 2.05) is 17.8 Å². The summed E-state index contributed by atoms with van der Waals surface area (Å²) in [6.07, 6.45) is 7.40. The Balaban J connectivity index is 0.000000706. The van der Waals surface area contributed by atoms with E-state index in [0.717, 1.165) is 63.3 Å². The normalized spacial score (nSPS) is 24.1. The van der Waals surface area contributed by atoms with Gasteiger partial charge in [0.25, 0.3) is 6.47 Å². The lowest BCUT2D eigenvalue weighted by Gasteiger charge is -2.43. The van der Waals surface area contributed by atoms with Crippen LogP contribution in [0.4, 0.5) is 5.82 Å². The number of carbonyl (C=O) groups is 1. The Hall–Kier alpha value is -2.41. The number of aromatic nitrogens is 3. The van der Waals surface area contributed by atoms with Crippen molar-refractivity contribution in [3.8, 4) is 0 Å². The predicted octanol–water partition coefficient (Wildman–Crippen LogP) is 2.78. The smallest absolute Gasteiger partial charge is 0.290 e. The van der Waals surface area contributed by atoms with Crippen LogP contribution in [0.15, 0.2) is 24.4 Å². The highest BCUT2D eigenvalue weighted by molar-refractivity contribution is 5.40. The van der Waals surface area contributed by atoms with Crippen molar-refractivity contribution in [1.29, 1.82) is 0 Å². The van der Waals surface area contributed by atoms with Gasteiger partial charge in [-0.1, -0.05) is 12.5 Å². The minimum Gasteiger partial charge on any atom is -0.483 e. The largest absolute Gasteiger partial charge is 0.483 e. The summed E-state index contributed by atoms with van der Waals surface area (Å²) in [6, 6.07) is 6.38. The second-order valence-electron chi connectivity index (χ2n) is 8.01. The average molecular weight is 386 g/mol. The second kappa shape index (κ2) is 8.73. The van der Waals surface area contributed by atoms with E-state index >= 15 is 0 Å². The molecule has 7 nitrogen and oxygen atoms in total. The van der Waals surface area contributed by atoms with E-state index in [0.29, 0.717) is 0 Å². The highest BCUT2D eigenvalue weighted by Gasteiger charge is 2.44. The van der Waals surface area contributed by atoms with Crippen molar-refractivity contribution in [1.82, 2.24) is 14.8 Å². The maximum Gasteiger partial charge on any atom is 0.290 e. The lowest BCUT2D eigenvalue weighted by atomic mass is 9.77. The Morgan fingerprint density at radius 3 is 2.61 bits per heavy atom. The average Bonchev–Trinajstić information content (AvgIpc) is 3.18. The van der Waals surface area contributed by atoms with Crippen molar-refractivity contribution in [3.05, 3.63) is 41.3 Å². The van der Waals surface area contributed by atoms with Crippen molar-refractivity contribution in [3.63, 3.8) is 0 Å². The van der Waals surface area contributed by atoms with Gasteiger partial charge in [0.05, 0.1) is 18.3 Å². The molecule has 0 amide bonds. The first-order chi connectivity index (χ1) is 13.5. The van der Waals surface area contributed by atoms with Gasteiger partial charge in [0.2, 0.25) is 0 Å². The van der Waals surface area contributed by atoms with Crippen molar-refractivity contribution in [2.45, 2.75) is 58.6 Å². The number of rotatable bonds is 3. The van der Waals surface area contributed by atoms with Crippen molar-refractivity contribution < 1.29 is 15.0 Å². The first kappa shape index (κ1) is 20.3. The van der Waals surface area contributed by atoms with Gasteiger partial charge in [-0.25, -0.2) is 4.98 Å². The minimum absolute atomic E-state index is 0.0995. The number of aliphatic hydroxyl groups is 1. The van der Waals surface area contributed by atoms with E-state index in [9.17, 15) is 5.11 Å². The van der Waals surface area contributed by atoms with E-state index in [2.05, 4.69) is 35.1 Å². The monoisotopic (exact) mass is 386 g/mol. The third kappa shape index (κ3) is 4.35. The van der Waals surface area contributed by atoms with Gasteiger partial charge in [0, 0.05) is 30.4 Å². The van der Waals surface area contributed by atoms with Crippen molar-refractivity contribution in [2.75, 3.05) is 18.0 Å². The van der Waals surface area contributed by atoms with Crippen LogP contribution in [0.1, 0.15) is 49.1 Å². The molecule has 2 aliphatic rings. The highest BCUT2D eigenvalue weighted by Crippen LogP contribution is 2.45. The highest BCUT2D eigenvalue weighted by atomic mass is 16.3. The van der Waals surface area contributed by atoms with Gasteiger partial charge < -0.3 is 15.1 Å². The molecule has 2 N–H and O–H groups in total. The lowest BCUT2D eigenvalue weighted by molar-refractivity contribution is -0.122. The quantitative estimate of drug-likeness (QED) is 0.788. The first-order valence-corrected chi connectivity index (χ1v) is 9.94. The predicted molar refractivity (Wildman–Crippen MR) is 107 cm³/mol. The molecule has 7 heteroatoms. The molecule has 1 aliphatic carbocycles. The summed E-state index contributed by atoms with van der Waals surface area (Å²) in [5, 5.41) is 21.9. The molecular formula is C21H30N4O3. The van der Waals surface area contributed by atoms with Crippen LogP contribution in [0, 0.1) is 19.3 Å². The van der Waals surface area contributed by atoms with Crippen LogP contribution in [0.5, 0.6) is 0 Å². The van der Waals surface area contributed by atoms with E-state index < -0.39 is 0 Å². The summed E-state index contributed by atoms with van der Waals surface area (Å²) in [4.78, 5) is 15.4. The summed E-state index contributed by atoms with van der Waals surface area (Å²) >= 11 is 0. The third-order valence-electron chi connectivity index (χ3n) is 6.04. The Bertz CT molecular complexity index is 789. The van der Waals surface area contributed by atoms with Gasteiger partial charge in [-0.05, 0) is 57.2 Å². The fourth-order valence-corrected chi connectivity index (χ4v) is 4.66. The van der Waals surface area contributed by atoms with Crippen LogP contribution in [-0.2, 0) is 11.3 Å². The third-order valence-corrected chi connectivity index (χ3v) is 6.04. The van der Waals surface area contributed by atoms with Crippen LogP contribution in [0.25, 0.3) is 0 Å². The molecule has 0 bridgehead atoms. The summed E-state index contributed by atoms with van der Waals surface area (Å²) < 4.78 is 2.02. The van der Waals surface area contributed by atoms with Gasteiger partial charge in [0.1, 0.15) is 5.82 Å². The maximum atomic E-state index is 10.4. The molecule has 1 saturated carbocycles. The molecule has 1 saturated heterocycles. The SMILES string of the molecule is Cc1cc(C)n(Cc2ccc(N3CCC[C@]4(CCC[C@H]4O)C3)nc2)n1.O=CO. The zero-order valence-corrected chi connectivity index (χ0v) is 16.7. The van der Waals surface area contributed by atoms with E-state index in [-0.39, 0.29) is 18.0 Å². The van der Waals surface area contributed by atoms with Gasteiger partial charge in [-0.2, -0.15) is 5.10 Å². The molecular weight excluding hydrogens is 356 g/mol. The fourth-order valence-electron chi connectivity index (χ4n) is 4.66. The summed E-state index contributed by atoms with van der Waals surface area (Å²) in [7, 11) is 0. The van der Waals surface area contributed by atoms with Gasteiger partial charge in [-0.3, -0.25) is 9.48 Å². The number of aryl methyl sites for hydroxylation is 2. The zero-order chi connectivity index (χ0) is 20.1. The van der Waals surface area contributed by atoms with E-state index in [1.165, 1.54) is 11.3 Å². The van der Waals surface area contributed by atoms with Crippen molar-refractivity contribution >= 4 is 12.3 Å². The number of hydrogen-bond donors (Lipinski definition) is 2. The van der Waals surface area contributed by atoms with Crippen LogP contribution in [-0.4, -0.2) is 50.6 Å². The van der Waals surface area contributed by atoms with Gasteiger partial charge in [-0.15, -0.1) is 0 Å². The number of aliphatic hydroxyl groups excluding tert-OH is 1. The molecule has 0 radical (unpaired) electrons. The Morgan fingerprint density at radius 2 is 2.04 bits per heavy atom. The molecule has 0 aromatic carbocycles. The number of hydrogen-bond acceptors (Lipinski definition) is 5. The summed E-state index contributed by atoms with van der Waals surface area (Å²) in [6.45, 7) is 6.60. The van der Waals surface area contributed by atoms with E-state index in [4.69, 9.17) is 14.9 Å². The number of nitrogens with zero attached hydrogens (tertiary/aromatic N) is 4. The number of anilines is 1. The molecule has 0 unspecified atom stereocenters. The van der Waals surface area contributed by atoms with Crippen molar-refractivity contribution in [2.24, 2.45) is 5.41 Å². The van der Waals surface area contributed by atoms with Gasteiger partial charge in [0.15, 0.2) is 0 Å². The standard InChI is InChI=1S/C20H28N4O.CH2O2/c1-15-11-16(2)24(22-15)13-17-6-7-19(21-12-17)23-10-4-9-20(14-23)8-3-5-18(20)25;2-1-3/h6-7,11-12,18,25H,3-5,8-10,13-14H2,1-2H3;1H,(H,2,3)/t18-,20-;/m1./s1.